The molecule has 1 aliphatic rings. The van der Waals surface area contributed by atoms with Gasteiger partial charge in [-0.25, -0.2) is 15.8 Å². The van der Waals surface area contributed by atoms with Crippen LogP contribution in [0.3, 0.4) is 0 Å². The van der Waals surface area contributed by atoms with Crippen LogP contribution < -0.4 is 21.5 Å². The molecule has 1 saturated heterocycles. The fraction of sp³-hybridized carbons (Fsp3) is 0.500. The number of hydrogen-bond donors (Lipinski definition) is 3. The minimum absolute atomic E-state index is 0.0826. The van der Waals surface area contributed by atoms with E-state index in [9.17, 15) is 14.9 Å². The Hall–Kier alpha value is -2.49. The standard InChI is InChI=1S/C10H15N7O3/c1-2-6-10(18)12-3-4-16(6)9-7(17(19)20)8(15-11)13-5-14-9/h5-6H,2-4,11H2,1H3,(H,12,18)(H,13,14,15). The Kier molecular flexibility index (Phi) is 3.94. The number of hydrazine groups is 1. The Balaban J connectivity index is 2.50. The Morgan fingerprint density at radius 3 is 3.00 bits per heavy atom. The average Bonchev–Trinajstić information content (AvgIpc) is 2.45. The van der Waals surface area contributed by atoms with Crippen molar-refractivity contribution in [2.75, 3.05) is 23.4 Å². The molecule has 108 valence electrons. The Bertz CT molecular complexity index is 536. The molecule has 2 rings (SSSR count). The fourth-order valence-electron chi connectivity index (χ4n) is 2.23. The molecule has 1 aliphatic heterocycles. The first-order valence-electron chi connectivity index (χ1n) is 6.10. The SMILES string of the molecule is CCC1C(=O)NCCN1c1ncnc(NN)c1[N+](=O)[O-]. The number of hydrogen-bond acceptors (Lipinski definition) is 8. The van der Waals surface area contributed by atoms with Gasteiger partial charge in [-0.3, -0.25) is 14.9 Å². The summed E-state index contributed by atoms with van der Waals surface area (Å²) in [5.41, 5.74) is 1.85. The van der Waals surface area contributed by atoms with Crippen molar-refractivity contribution in [2.24, 2.45) is 5.84 Å². The molecule has 10 nitrogen and oxygen atoms in total. The second-order valence-corrected chi connectivity index (χ2v) is 4.20. The van der Waals surface area contributed by atoms with Gasteiger partial charge in [0.05, 0.1) is 4.92 Å². The largest absolute Gasteiger partial charge is 0.354 e. The van der Waals surface area contributed by atoms with Gasteiger partial charge in [-0.05, 0) is 6.42 Å². The van der Waals surface area contributed by atoms with Crippen molar-refractivity contribution in [1.29, 1.82) is 0 Å². The van der Waals surface area contributed by atoms with Crippen LogP contribution in [0, 0.1) is 10.1 Å². The number of amides is 1. The molecule has 0 radical (unpaired) electrons. The second-order valence-electron chi connectivity index (χ2n) is 4.20. The first-order valence-corrected chi connectivity index (χ1v) is 6.10. The Morgan fingerprint density at radius 2 is 2.40 bits per heavy atom. The third-order valence-electron chi connectivity index (χ3n) is 3.11. The van der Waals surface area contributed by atoms with E-state index < -0.39 is 11.0 Å². The zero-order valence-corrected chi connectivity index (χ0v) is 10.9. The summed E-state index contributed by atoms with van der Waals surface area (Å²) in [4.78, 5) is 31.8. The van der Waals surface area contributed by atoms with Crippen molar-refractivity contribution in [3.8, 4) is 0 Å². The van der Waals surface area contributed by atoms with E-state index in [2.05, 4.69) is 20.7 Å². The number of anilines is 2. The van der Waals surface area contributed by atoms with Gasteiger partial charge in [0.25, 0.3) is 0 Å². The summed E-state index contributed by atoms with van der Waals surface area (Å²) in [5.74, 6) is 5.08. The monoisotopic (exact) mass is 281 g/mol. The minimum Gasteiger partial charge on any atom is -0.353 e. The molecule has 0 aliphatic carbocycles. The number of nitrogens with two attached hydrogens (primary N) is 1. The summed E-state index contributed by atoms with van der Waals surface area (Å²) in [7, 11) is 0. The van der Waals surface area contributed by atoms with E-state index in [1.807, 2.05) is 6.92 Å². The molecule has 2 heterocycles. The summed E-state index contributed by atoms with van der Waals surface area (Å²) in [6.07, 6.45) is 1.69. The van der Waals surface area contributed by atoms with Gasteiger partial charge in [-0.15, -0.1) is 0 Å². The maximum absolute atomic E-state index is 11.8. The quantitative estimate of drug-likeness (QED) is 0.377. The minimum atomic E-state index is -0.607. The highest BCUT2D eigenvalue weighted by molar-refractivity contribution is 5.87. The first-order chi connectivity index (χ1) is 9.60. The lowest BCUT2D eigenvalue weighted by atomic mass is 10.1. The normalized spacial score (nSPS) is 18.6. The summed E-state index contributed by atoms with van der Waals surface area (Å²) in [6.45, 7) is 2.67. The molecule has 1 aromatic heterocycles. The van der Waals surface area contributed by atoms with E-state index in [-0.39, 0.29) is 23.2 Å². The third-order valence-corrected chi connectivity index (χ3v) is 3.11. The van der Waals surface area contributed by atoms with Gasteiger partial charge in [0.1, 0.15) is 12.4 Å². The van der Waals surface area contributed by atoms with Crippen LogP contribution in [0.2, 0.25) is 0 Å². The van der Waals surface area contributed by atoms with Crippen molar-refractivity contribution in [1.82, 2.24) is 15.3 Å². The maximum atomic E-state index is 11.8. The molecule has 1 aromatic rings. The molecule has 0 aromatic carbocycles. The van der Waals surface area contributed by atoms with Gasteiger partial charge in [0.2, 0.25) is 17.5 Å². The lowest BCUT2D eigenvalue weighted by Crippen LogP contribution is -2.55. The van der Waals surface area contributed by atoms with Crippen LogP contribution in [0.15, 0.2) is 6.33 Å². The number of aromatic nitrogens is 2. The number of carbonyl (C=O) groups is 1. The second kappa shape index (κ2) is 5.65. The molecule has 1 unspecified atom stereocenters. The van der Waals surface area contributed by atoms with E-state index >= 15 is 0 Å². The average molecular weight is 281 g/mol. The molecule has 0 bridgehead atoms. The van der Waals surface area contributed by atoms with Crippen LogP contribution in [0.1, 0.15) is 13.3 Å². The molecule has 20 heavy (non-hydrogen) atoms. The summed E-state index contributed by atoms with van der Waals surface area (Å²) >= 11 is 0. The van der Waals surface area contributed by atoms with E-state index in [4.69, 9.17) is 5.84 Å². The summed E-state index contributed by atoms with van der Waals surface area (Å²) < 4.78 is 0. The number of carbonyl (C=O) groups excluding carboxylic acids is 1. The lowest BCUT2D eigenvalue weighted by molar-refractivity contribution is -0.383. The van der Waals surface area contributed by atoms with Crippen LogP contribution in [0.5, 0.6) is 0 Å². The summed E-state index contributed by atoms with van der Waals surface area (Å²) in [5, 5.41) is 13.9. The topological polar surface area (TPSA) is 139 Å². The van der Waals surface area contributed by atoms with Crippen molar-refractivity contribution in [3.63, 3.8) is 0 Å². The van der Waals surface area contributed by atoms with Gasteiger partial charge >= 0.3 is 5.69 Å². The number of nitrogen functional groups attached to an aromatic ring is 1. The molecule has 0 saturated carbocycles. The maximum Gasteiger partial charge on any atom is 0.354 e. The van der Waals surface area contributed by atoms with Crippen LogP contribution in [0.25, 0.3) is 0 Å². The molecule has 4 N–H and O–H groups in total. The zero-order valence-electron chi connectivity index (χ0n) is 10.9. The Labute approximate surface area is 114 Å². The number of nitrogens with one attached hydrogen (secondary N) is 2. The van der Waals surface area contributed by atoms with Gasteiger partial charge in [0, 0.05) is 13.1 Å². The number of nitrogens with zero attached hydrogens (tertiary/aromatic N) is 4. The molecule has 1 atom stereocenters. The van der Waals surface area contributed by atoms with E-state index in [0.29, 0.717) is 19.5 Å². The fourth-order valence-corrected chi connectivity index (χ4v) is 2.23. The van der Waals surface area contributed by atoms with Crippen molar-refractivity contribution in [3.05, 3.63) is 16.4 Å². The number of rotatable bonds is 4. The van der Waals surface area contributed by atoms with Crippen LogP contribution in [-0.4, -0.2) is 39.9 Å². The highest BCUT2D eigenvalue weighted by Crippen LogP contribution is 2.33. The van der Waals surface area contributed by atoms with E-state index in [0.717, 1.165) is 0 Å². The van der Waals surface area contributed by atoms with Gasteiger partial charge in [0.15, 0.2) is 0 Å². The van der Waals surface area contributed by atoms with E-state index in [1.165, 1.54) is 6.33 Å². The zero-order chi connectivity index (χ0) is 14.7. The van der Waals surface area contributed by atoms with Crippen molar-refractivity contribution < 1.29 is 9.72 Å². The van der Waals surface area contributed by atoms with Crippen LogP contribution >= 0.6 is 0 Å². The Morgan fingerprint density at radius 1 is 1.65 bits per heavy atom. The predicted molar refractivity (Wildman–Crippen MR) is 70.9 cm³/mol. The van der Waals surface area contributed by atoms with Crippen molar-refractivity contribution in [2.45, 2.75) is 19.4 Å². The van der Waals surface area contributed by atoms with Gasteiger partial charge in [-0.2, -0.15) is 0 Å². The number of nitro groups is 1. The van der Waals surface area contributed by atoms with Crippen molar-refractivity contribution >= 4 is 23.2 Å². The van der Waals surface area contributed by atoms with Gasteiger partial charge in [-0.1, -0.05) is 6.92 Å². The molecule has 1 amide bonds. The lowest BCUT2D eigenvalue weighted by Gasteiger charge is -2.34. The highest BCUT2D eigenvalue weighted by Gasteiger charge is 2.35. The molecule has 1 fully saturated rings. The van der Waals surface area contributed by atoms with Gasteiger partial charge < -0.3 is 15.6 Å². The van der Waals surface area contributed by atoms with Crippen LogP contribution in [-0.2, 0) is 4.79 Å². The highest BCUT2D eigenvalue weighted by atomic mass is 16.6. The molecule has 0 spiro atoms. The first kappa shape index (κ1) is 13.9. The summed E-state index contributed by atoms with van der Waals surface area (Å²) in [6, 6.07) is -0.497. The van der Waals surface area contributed by atoms with E-state index in [1.54, 1.807) is 4.90 Å². The molecule has 10 heteroatoms. The molecular formula is C10H15N7O3. The molecular weight excluding hydrogens is 266 g/mol. The number of piperazine rings is 1. The third kappa shape index (κ3) is 2.32. The van der Waals surface area contributed by atoms with Crippen LogP contribution in [0.4, 0.5) is 17.3 Å². The smallest absolute Gasteiger partial charge is 0.353 e. The predicted octanol–water partition coefficient (Wildman–Crippen LogP) is -0.615.